The van der Waals surface area contributed by atoms with E-state index in [0.717, 1.165) is 17.8 Å². The summed E-state index contributed by atoms with van der Waals surface area (Å²) in [4.78, 5) is 19.8. The maximum absolute atomic E-state index is 11.6. The first kappa shape index (κ1) is 15.9. The molecule has 2 N–H and O–H groups in total. The SMILES string of the molecule is CC(C)c1noc(CCCNC(=O)NCc2ccncc2)n1. The molecule has 7 heteroatoms. The van der Waals surface area contributed by atoms with Gasteiger partial charge in [-0.05, 0) is 24.1 Å². The summed E-state index contributed by atoms with van der Waals surface area (Å²) in [6, 6.07) is 3.54. The van der Waals surface area contributed by atoms with Crippen molar-refractivity contribution in [2.75, 3.05) is 6.54 Å². The number of nitrogens with zero attached hydrogens (tertiary/aromatic N) is 3. The summed E-state index contributed by atoms with van der Waals surface area (Å²) in [5, 5.41) is 9.49. The molecule has 0 unspecified atom stereocenters. The molecule has 0 radical (unpaired) electrons. The summed E-state index contributed by atoms with van der Waals surface area (Å²) in [5.74, 6) is 1.59. The molecule has 2 aromatic rings. The topological polar surface area (TPSA) is 92.9 Å². The van der Waals surface area contributed by atoms with Gasteiger partial charge in [0.25, 0.3) is 0 Å². The Morgan fingerprint density at radius 2 is 2.05 bits per heavy atom. The average Bonchev–Trinajstić information content (AvgIpc) is 3.00. The molecule has 0 aliphatic carbocycles. The van der Waals surface area contributed by atoms with E-state index in [4.69, 9.17) is 4.52 Å². The van der Waals surface area contributed by atoms with Gasteiger partial charge < -0.3 is 15.2 Å². The smallest absolute Gasteiger partial charge is 0.315 e. The van der Waals surface area contributed by atoms with Crippen LogP contribution in [-0.2, 0) is 13.0 Å². The lowest BCUT2D eigenvalue weighted by atomic mass is 10.2. The molecule has 0 aliphatic heterocycles. The largest absolute Gasteiger partial charge is 0.339 e. The van der Waals surface area contributed by atoms with Gasteiger partial charge >= 0.3 is 6.03 Å². The quantitative estimate of drug-likeness (QED) is 0.763. The fourth-order valence-electron chi connectivity index (χ4n) is 1.79. The highest BCUT2D eigenvalue weighted by atomic mass is 16.5. The predicted octanol–water partition coefficient (Wildman–Crippen LogP) is 2.02. The zero-order chi connectivity index (χ0) is 15.8. The Morgan fingerprint density at radius 1 is 1.27 bits per heavy atom. The van der Waals surface area contributed by atoms with E-state index in [-0.39, 0.29) is 11.9 Å². The lowest BCUT2D eigenvalue weighted by molar-refractivity contribution is 0.240. The van der Waals surface area contributed by atoms with Crippen LogP contribution < -0.4 is 10.6 Å². The zero-order valence-electron chi connectivity index (χ0n) is 12.9. The second-order valence-electron chi connectivity index (χ2n) is 5.27. The molecule has 118 valence electrons. The van der Waals surface area contributed by atoms with Gasteiger partial charge in [0, 0.05) is 37.8 Å². The van der Waals surface area contributed by atoms with Gasteiger partial charge in [-0.1, -0.05) is 19.0 Å². The van der Waals surface area contributed by atoms with E-state index in [1.165, 1.54) is 0 Å². The van der Waals surface area contributed by atoms with Crippen LogP contribution in [0.3, 0.4) is 0 Å². The second kappa shape index (κ2) is 8.11. The van der Waals surface area contributed by atoms with Crippen LogP contribution in [0, 0.1) is 0 Å². The van der Waals surface area contributed by atoms with Crippen molar-refractivity contribution in [3.8, 4) is 0 Å². The molecule has 2 aromatic heterocycles. The molecule has 2 amide bonds. The number of aromatic nitrogens is 3. The molecular weight excluding hydrogens is 282 g/mol. The van der Waals surface area contributed by atoms with E-state index >= 15 is 0 Å². The maximum atomic E-state index is 11.6. The number of hydrogen-bond acceptors (Lipinski definition) is 5. The monoisotopic (exact) mass is 303 g/mol. The third-order valence-electron chi connectivity index (χ3n) is 3.06. The highest BCUT2D eigenvalue weighted by Crippen LogP contribution is 2.10. The number of aryl methyl sites for hydroxylation is 1. The molecule has 2 rings (SSSR count). The van der Waals surface area contributed by atoms with Crippen molar-refractivity contribution in [3.63, 3.8) is 0 Å². The van der Waals surface area contributed by atoms with Crippen molar-refractivity contribution in [1.82, 2.24) is 25.8 Å². The standard InChI is InChI=1S/C15H21N5O2/c1-11(2)14-19-13(22-20-14)4-3-7-17-15(21)18-10-12-5-8-16-9-6-12/h5-6,8-9,11H,3-4,7,10H2,1-2H3,(H2,17,18,21). The minimum atomic E-state index is -0.190. The molecule has 0 bridgehead atoms. The minimum Gasteiger partial charge on any atom is -0.339 e. The van der Waals surface area contributed by atoms with Crippen LogP contribution in [0.5, 0.6) is 0 Å². The summed E-state index contributed by atoms with van der Waals surface area (Å²) in [7, 11) is 0. The lowest BCUT2D eigenvalue weighted by Crippen LogP contribution is -2.35. The van der Waals surface area contributed by atoms with E-state index < -0.39 is 0 Å². The molecular formula is C15H21N5O2. The van der Waals surface area contributed by atoms with E-state index in [1.807, 2.05) is 26.0 Å². The summed E-state index contributed by atoms with van der Waals surface area (Å²) < 4.78 is 5.14. The van der Waals surface area contributed by atoms with Crippen molar-refractivity contribution in [2.45, 2.75) is 39.2 Å². The predicted molar refractivity (Wildman–Crippen MR) is 81.2 cm³/mol. The molecule has 22 heavy (non-hydrogen) atoms. The van der Waals surface area contributed by atoms with Gasteiger partial charge in [-0.2, -0.15) is 4.98 Å². The summed E-state index contributed by atoms with van der Waals surface area (Å²) in [6.07, 6.45) is 4.81. The minimum absolute atomic E-state index is 0.190. The van der Waals surface area contributed by atoms with Crippen molar-refractivity contribution in [2.24, 2.45) is 0 Å². The Labute approximate surface area is 129 Å². The Hall–Kier alpha value is -2.44. The molecule has 0 aliphatic rings. The van der Waals surface area contributed by atoms with E-state index in [0.29, 0.717) is 25.4 Å². The number of pyridine rings is 1. The average molecular weight is 303 g/mol. The summed E-state index contributed by atoms with van der Waals surface area (Å²) in [5.41, 5.74) is 1.01. The normalized spacial score (nSPS) is 10.7. The molecule has 0 atom stereocenters. The van der Waals surface area contributed by atoms with Crippen LogP contribution in [0.25, 0.3) is 0 Å². The number of carbonyl (C=O) groups excluding carboxylic acids is 1. The third-order valence-corrected chi connectivity index (χ3v) is 3.06. The Balaban J connectivity index is 1.60. The molecule has 0 aromatic carbocycles. The van der Waals surface area contributed by atoms with Crippen molar-refractivity contribution in [3.05, 3.63) is 41.8 Å². The Bertz CT molecular complexity index is 583. The first-order valence-electron chi connectivity index (χ1n) is 7.38. The van der Waals surface area contributed by atoms with Gasteiger partial charge in [0.2, 0.25) is 5.89 Å². The van der Waals surface area contributed by atoms with E-state index in [2.05, 4.69) is 25.8 Å². The molecule has 2 heterocycles. The number of hydrogen-bond donors (Lipinski definition) is 2. The van der Waals surface area contributed by atoms with Crippen molar-refractivity contribution >= 4 is 6.03 Å². The molecule has 0 fully saturated rings. The first-order valence-corrected chi connectivity index (χ1v) is 7.38. The maximum Gasteiger partial charge on any atom is 0.315 e. The first-order chi connectivity index (χ1) is 10.6. The summed E-state index contributed by atoms with van der Waals surface area (Å²) in [6.45, 7) is 5.07. The van der Waals surface area contributed by atoms with Gasteiger partial charge in [0.05, 0.1) is 0 Å². The van der Waals surface area contributed by atoms with Gasteiger partial charge in [-0.15, -0.1) is 0 Å². The number of carbonyl (C=O) groups is 1. The van der Waals surface area contributed by atoms with Gasteiger partial charge in [-0.25, -0.2) is 4.79 Å². The van der Waals surface area contributed by atoms with E-state index in [9.17, 15) is 4.79 Å². The third kappa shape index (κ3) is 5.16. The van der Waals surface area contributed by atoms with Crippen LogP contribution >= 0.6 is 0 Å². The Morgan fingerprint density at radius 3 is 2.73 bits per heavy atom. The zero-order valence-corrected chi connectivity index (χ0v) is 12.9. The number of amides is 2. The van der Waals surface area contributed by atoms with Gasteiger partial charge in [-0.3, -0.25) is 4.98 Å². The highest BCUT2D eigenvalue weighted by Gasteiger charge is 2.09. The Kier molecular flexibility index (Phi) is 5.88. The van der Waals surface area contributed by atoms with Gasteiger partial charge in [0.1, 0.15) is 0 Å². The van der Waals surface area contributed by atoms with Crippen LogP contribution in [0.2, 0.25) is 0 Å². The summed E-state index contributed by atoms with van der Waals surface area (Å²) >= 11 is 0. The molecule has 0 saturated carbocycles. The number of urea groups is 1. The van der Waals surface area contributed by atoms with Crippen molar-refractivity contribution < 1.29 is 9.32 Å². The highest BCUT2D eigenvalue weighted by molar-refractivity contribution is 5.73. The van der Waals surface area contributed by atoms with Crippen LogP contribution in [0.4, 0.5) is 4.79 Å². The van der Waals surface area contributed by atoms with E-state index in [1.54, 1.807) is 12.4 Å². The number of rotatable bonds is 7. The van der Waals surface area contributed by atoms with Crippen LogP contribution in [-0.4, -0.2) is 27.7 Å². The fourth-order valence-corrected chi connectivity index (χ4v) is 1.79. The fraction of sp³-hybridized carbons (Fsp3) is 0.467. The van der Waals surface area contributed by atoms with Crippen molar-refractivity contribution in [1.29, 1.82) is 0 Å². The molecule has 0 saturated heterocycles. The molecule has 7 nitrogen and oxygen atoms in total. The molecule has 0 spiro atoms. The van der Waals surface area contributed by atoms with Gasteiger partial charge in [0.15, 0.2) is 5.82 Å². The number of nitrogens with one attached hydrogen (secondary N) is 2. The lowest BCUT2D eigenvalue weighted by Gasteiger charge is -2.06. The van der Waals surface area contributed by atoms with Crippen LogP contribution in [0.1, 0.15) is 43.5 Å². The second-order valence-corrected chi connectivity index (χ2v) is 5.27. The van der Waals surface area contributed by atoms with Crippen LogP contribution in [0.15, 0.2) is 29.0 Å².